The van der Waals surface area contributed by atoms with Crippen molar-refractivity contribution in [3.8, 4) is 0 Å². The van der Waals surface area contributed by atoms with Crippen molar-refractivity contribution in [3.63, 3.8) is 0 Å². The van der Waals surface area contributed by atoms with E-state index in [2.05, 4.69) is 5.48 Å². The van der Waals surface area contributed by atoms with Crippen LogP contribution in [0.25, 0.3) is 0 Å². The lowest BCUT2D eigenvalue weighted by atomic mass is 9.91. The van der Waals surface area contributed by atoms with Crippen LogP contribution in [0.4, 0.5) is 0 Å². The van der Waals surface area contributed by atoms with Crippen molar-refractivity contribution in [2.45, 2.75) is 47.0 Å². The van der Waals surface area contributed by atoms with E-state index in [1.807, 2.05) is 0 Å². The first-order chi connectivity index (χ1) is 12.0. The first-order valence-electron chi connectivity index (χ1n) is 8.33. The molecule has 7 heteroatoms. The van der Waals surface area contributed by atoms with Crippen molar-refractivity contribution in [2.24, 2.45) is 11.3 Å². The Bertz CT molecular complexity index is 690. The molecule has 1 amide bonds. The van der Waals surface area contributed by atoms with Gasteiger partial charge in [-0.3, -0.25) is 9.59 Å². The van der Waals surface area contributed by atoms with E-state index in [0.717, 1.165) is 0 Å². The minimum absolute atomic E-state index is 0.0142. The Hall–Kier alpha value is -2.70. The zero-order chi connectivity index (χ0) is 19.9. The van der Waals surface area contributed by atoms with Gasteiger partial charge in [0, 0.05) is 12.3 Å². The summed E-state index contributed by atoms with van der Waals surface area (Å²) in [4.78, 5) is 51.0. The van der Waals surface area contributed by atoms with Gasteiger partial charge in [-0.2, -0.15) is 5.48 Å². The van der Waals surface area contributed by atoms with E-state index >= 15 is 0 Å². The summed E-state index contributed by atoms with van der Waals surface area (Å²) >= 11 is 0. The Morgan fingerprint density at radius 1 is 1.19 bits per heavy atom. The molecule has 0 aliphatic rings. The molecule has 0 saturated carbocycles. The fourth-order valence-electron chi connectivity index (χ4n) is 2.18. The van der Waals surface area contributed by atoms with Crippen LogP contribution in [-0.2, 0) is 25.6 Å². The monoisotopic (exact) mass is 363 g/mol. The second-order valence-electron chi connectivity index (χ2n) is 7.22. The highest BCUT2D eigenvalue weighted by Gasteiger charge is 2.24. The zero-order valence-corrected chi connectivity index (χ0v) is 15.5. The summed E-state index contributed by atoms with van der Waals surface area (Å²) < 4.78 is 0. The smallest absolute Gasteiger partial charge is 0.337 e. The Morgan fingerprint density at radius 3 is 2.38 bits per heavy atom. The van der Waals surface area contributed by atoms with Gasteiger partial charge in [-0.25, -0.2) is 9.59 Å². The molecule has 0 bridgehead atoms. The van der Waals surface area contributed by atoms with Gasteiger partial charge in [-0.1, -0.05) is 12.1 Å². The number of hydroxylamine groups is 1. The summed E-state index contributed by atoms with van der Waals surface area (Å²) in [5.41, 5.74) is 2.22. The highest BCUT2D eigenvalue weighted by molar-refractivity contribution is 5.88. The molecule has 0 spiro atoms. The van der Waals surface area contributed by atoms with Crippen molar-refractivity contribution >= 4 is 23.6 Å². The topological polar surface area (TPSA) is 110 Å². The molecule has 2 N–H and O–H groups in total. The average Bonchev–Trinajstić information content (AvgIpc) is 2.55. The number of carboxylic acid groups (broad SMARTS) is 1. The Morgan fingerprint density at radius 2 is 1.85 bits per heavy atom. The molecule has 1 aromatic carbocycles. The van der Waals surface area contributed by atoms with Gasteiger partial charge in [-0.15, -0.1) is 0 Å². The lowest BCUT2D eigenvalue weighted by Gasteiger charge is -2.17. The summed E-state index contributed by atoms with van der Waals surface area (Å²) in [5.74, 6) is -2.60. The molecular formula is C19H25NO6. The number of carbonyl (C=O) groups excluding carboxylic acids is 3. The molecule has 0 radical (unpaired) electrons. The van der Waals surface area contributed by atoms with Crippen molar-refractivity contribution in [3.05, 3.63) is 35.4 Å². The standard InChI is InChI=1S/C19H25NO6/c1-12(21)14(10-13-6-5-7-15(11-13)17(23)24)8-9-16(22)20-26-18(25)19(2,3)4/h5-7,11,14H,8-10H2,1-4H3,(H,20,22)(H,23,24). The van der Waals surface area contributed by atoms with Gasteiger partial charge in [0.15, 0.2) is 0 Å². The van der Waals surface area contributed by atoms with Crippen LogP contribution < -0.4 is 5.48 Å². The Balaban J connectivity index is 2.60. The number of amides is 1. The van der Waals surface area contributed by atoms with E-state index in [0.29, 0.717) is 12.0 Å². The number of ketones is 1. The van der Waals surface area contributed by atoms with Gasteiger partial charge in [0.25, 0.3) is 5.91 Å². The number of benzene rings is 1. The molecule has 0 fully saturated rings. The second kappa shape index (κ2) is 9.12. The predicted molar refractivity (Wildman–Crippen MR) is 94.2 cm³/mol. The molecule has 0 aliphatic heterocycles. The molecular weight excluding hydrogens is 338 g/mol. The summed E-state index contributed by atoms with van der Waals surface area (Å²) in [5, 5.41) is 9.03. The molecule has 0 saturated heterocycles. The molecule has 1 atom stereocenters. The predicted octanol–water partition coefficient (Wildman–Crippen LogP) is 2.53. The molecule has 0 aromatic heterocycles. The lowest BCUT2D eigenvalue weighted by molar-refractivity contribution is -0.166. The van der Waals surface area contributed by atoms with Crippen LogP contribution in [-0.4, -0.2) is 28.7 Å². The van der Waals surface area contributed by atoms with E-state index in [-0.39, 0.29) is 24.2 Å². The van der Waals surface area contributed by atoms with Gasteiger partial charge in [-0.05, 0) is 58.2 Å². The van der Waals surface area contributed by atoms with Crippen LogP contribution in [0.5, 0.6) is 0 Å². The van der Waals surface area contributed by atoms with Crippen LogP contribution in [0.2, 0.25) is 0 Å². The maximum atomic E-state index is 11.8. The van der Waals surface area contributed by atoms with Crippen molar-refractivity contribution in [2.75, 3.05) is 0 Å². The number of carbonyl (C=O) groups is 4. The molecule has 1 aromatic rings. The van der Waals surface area contributed by atoms with Crippen molar-refractivity contribution < 1.29 is 29.1 Å². The second-order valence-corrected chi connectivity index (χ2v) is 7.22. The fourth-order valence-corrected chi connectivity index (χ4v) is 2.18. The van der Waals surface area contributed by atoms with Crippen LogP contribution in [0.3, 0.4) is 0 Å². The van der Waals surface area contributed by atoms with Crippen LogP contribution >= 0.6 is 0 Å². The van der Waals surface area contributed by atoms with Crippen LogP contribution in [0.1, 0.15) is 56.5 Å². The normalized spacial score (nSPS) is 12.2. The minimum Gasteiger partial charge on any atom is -0.478 e. The summed E-state index contributed by atoms with van der Waals surface area (Å²) in [6.07, 6.45) is 0.622. The van der Waals surface area contributed by atoms with Crippen molar-refractivity contribution in [1.82, 2.24) is 5.48 Å². The zero-order valence-electron chi connectivity index (χ0n) is 15.5. The van der Waals surface area contributed by atoms with Gasteiger partial charge in [0.05, 0.1) is 11.0 Å². The van der Waals surface area contributed by atoms with E-state index in [1.165, 1.54) is 19.1 Å². The van der Waals surface area contributed by atoms with E-state index in [4.69, 9.17) is 9.94 Å². The quantitative estimate of drug-likeness (QED) is 0.721. The van der Waals surface area contributed by atoms with Gasteiger partial charge < -0.3 is 9.94 Å². The highest BCUT2D eigenvalue weighted by Crippen LogP contribution is 2.17. The van der Waals surface area contributed by atoms with E-state index in [9.17, 15) is 19.2 Å². The summed E-state index contributed by atoms with van der Waals surface area (Å²) in [6, 6.07) is 6.36. The fraction of sp³-hybridized carbons (Fsp3) is 0.474. The highest BCUT2D eigenvalue weighted by atomic mass is 16.7. The number of carboxylic acids is 1. The summed E-state index contributed by atoms with van der Waals surface area (Å²) in [6.45, 7) is 6.43. The molecule has 7 nitrogen and oxygen atoms in total. The first-order valence-corrected chi connectivity index (χ1v) is 8.33. The maximum absolute atomic E-state index is 11.8. The van der Waals surface area contributed by atoms with Gasteiger partial charge >= 0.3 is 11.9 Å². The third kappa shape index (κ3) is 7.04. The first kappa shape index (κ1) is 21.3. The summed E-state index contributed by atoms with van der Waals surface area (Å²) in [7, 11) is 0. The van der Waals surface area contributed by atoms with Gasteiger partial charge in [0.1, 0.15) is 5.78 Å². The van der Waals surface area contributed by atoms with Crippen LogP contribution in [0.15, 0.2) is 24.3 Å². The third-order valence-corrected chi connectivity index (χ3v) is 3.82. The van der Waals surface area contributed by atoms with Crippen molar-refractivity contribution in [1.29, 1.82) is 0 Å². The largest absolute Gasteiger partial charge is 0.478 e. The number of nitrogens with one attached hydrogen (secondary N) is 1. The van der Waals surface area contributed by atoms with Crippen LogP contribution in [0, 0.1) is 11.3 Å². The molecule has 0 aliphatic carbocycles. The SMILES string of the molecule is CC(=O)C(CCC(=O)NOC(=O)C(C)(C)C)Cc1cccc(C(=O)O)c1. The molecule has 26 heavy (non-hydrogen) atoms. The maximum Gasteiger partial charge on any atom is 0.337 e. The third-order valence-electron chi connectivity index (χ3n) is 3.82. The molecule has 1 rings (SSSR count). The minimum atomic E-state index is -1.04. The molecule has 1 unspecified atom stereocenters. The molecule has 0 heterocycles. The average molecular weight is 363 g/mol. The Labute approximate surface area is 152 Å². The van der Waals surface area contributed by atoms with E-state index < -0.39 is 29.2 Å². The number of hydrogen-bond donors (Lipinski definition) is 2. The lowest BCUT2D eigenvalue weighted by Crippen LogP contribution is -2.33. The van der Waals surface area contributed by atoms with E-state index in [1.54, 1.807) is 32.9 Å². The molecule has 142 valence electrons. The number of hydrogen-bond acceptors (Lipinski definition) is 5. The Kier molecular flexibility index (Phi) is 7.49. The van der Waals surface area contributed by atoms with Gasteiger partial charge in [0.2, 0.25) is 0 Å². The number of rotatable bonds is 7. The number of aromatic carboxylic acids is 1. The number of Topliss-reactive ketones (excluding diaryl/α,β-unsaturated/α-hetero) is 1.